The van der Waals surface area contributed by atoms with Crippen LogP contribution >= 0.6 is 11.3 Å². The average molecular weight is 369 g/mol. The van der Waals surface area contributed by atoms with E-state index < -0.39 is 0 Å². The van der Waals surface area contributed by atoms with Gasteiger partial charge in [-0.3, -0.25) is 14.9 Å². The number of benzene rings is 1. The van der Waals surface area contributed by atoms with Crippen LogP contribution in [-0.2, 0) is 11.2 Å². The van der Waals surface area contributed by atoms with Gasteiger partial charge in [0.25, 0.3) is 5.91 Å². The molecule has 0 aliphatic rings. The van der Waals surface area contributed by atoms with E-state index in [0.29, 0.717) is 17.2 Å². The van der Waals surface area contributed by atoms with E-state index in [4.69, 9.17) is 4.42 Å². The maximum Gasteiger partial charge on any atom is 0.260 e. The largest absolute Gasteiger partial charge is 0.472 e. The first-order valence-electron chi connectivity index (χ1n) is 8.24. The monoisotopic (exact) mass is 369 g/mol. The van der Waals surface area contributed by atoms with Crippen molar-refractivity contribution in [1.29, 1.82) is 0 Å². The van der Waals surface area contributed by atoms with Crippen molar-refractivity contribution < 1.29 is 14.0 Å². The molecule has 2 aromatic heterocycles. The van der Waals surface area contributed by atoms with Gasteiger partial charge in [-0.1, -0.05) is 24.3 Å². The van der Waals surface area contributed by atoms with Crippen LogP contribution in [0.3, 0.4) is 0 Å². The van der Waals surface area contributed by atoms with Crippen LogP contribution in [-0.4, -0.2) is 23.3 Å². The molecule has 3 rings (SSSR count). The minimum Gasteiger partial charge on any atom is -0.472 e. The van der Waals surface area contributed by atoms with Crippen LogP contribution in [0.2, 0.25) is 0 Å². The summed E-state index contributed by atoms with van der Waals surface area (Å²) in [6.07, 6.45) is 4.66. The molecule has 6 nitrogen and oxygen atoms in total. The lowest BCUT2D eigenvalue weighted by Crippen LogP contribution is -2.21. The third-order valence-corrected chi connectivity index (χ3v) is 4.53. The van der Waals surface area contributed by atoms with Crippen molar-refractivity contribution in [1.82, 2.24) is 10.3 Å². The number of amides is 2. The molecule has 0 radical (unpaired) electrons. The molecule has 0 spiro atoms. The Kier molecular flexibility index (Phi) is 5.80. The summed E-state index contributed by atoms with van der Waals surface area (Å²) >= 11 is 1.38. The van der Waals surface area contributed by atoms with E-state index in [-0.39, 0.29) is 11.8 Å². The second-order valence-corrected chi connectivity index (χ2v) is 6.65. The molecule has 2 heterocycles. The van der Waals surface area contributed by atoms with Crippen molar-refractivity contribution >= 4 is 28.3 Å². The van der Waals surface area contributed by atoms with E-state index in [0.717, 1.165) is 24.1 Å². The molecule has 0 fully saturated rings. The topological polar surface area (TPSA) is 84.2 Å². The van der Waals surface area contributed by atoms with Gasteiger partial charge >= 0.3 is 0 Å². The zero-order valence-electron chi connectivity index (χ0n) is 14.3. The molecule has 7 heteroatoms. The Balaban J connectivity index is 1.57. The molecule has 0 bridgehead atoms. The van der Waals surface area contributed by atoms with Crippen molar-refractivity contribution in [3.63, 3.8) is 0 Å². The highest BCUT2D eigenvalue weighted by Gasteiger charge is 2.11. The molecule has 134 valence electrons. The molecule has 0 aliphatic heterocycles. The second kappa shape index (κ2) is 8.44. The van der Waals surface area contributed by atoms with Gasteiger partial charge < -0.3 is 9.73 Å². The molecule has 0 atom stereocenters. The van der Waals surface area contributed by atoms with Crippen molar-refractivity contribution in [2.45, 2.75) is 19.8 Å². The number of thiazole rings is 1. The lowest BCUT2D eigenvalue weighted by molar-refractivity contribution is -0.118. The standard InChI is InChI=1S/C19H19N3O3S/c1-13(23)20-9-2-3-14-4-6-15(7-5-14)17-12-26-19(21-17)22-18(24)16-8-10-25-11-16/h4-8,10-12H,2-3,9H2,1H3,(H,20,23)(H,21,22,24). The summed E-state index contributed by atoms with van der Waals surface area (Å²) in [5, 5.41) is 8.02. The lowest BCUT2D eigenvalue weighted by atomic mass is 10.1. The fourth-order valence-electron chi connectivity index (χ4n) is 2.43. The van der Waals surface area contributed by atoms with Crippen LogP contribution in [0.4, 0.5) is 5.13 Å². The molecule has 0 unspecified atom stereocenters. The van der Waals surface area contributed by atoms with Gasteiger partial charge in [-0.05, 0) is 24.5 Å². The fraction of sp³-hybridized carbons (Fsp3) is 0.211. The smallest absolute Gasteiger partial charge is 0.260 e. The summed E-state index contributed by atoms with van der Waals surface area (Å²) in [6, 6.07) is 9.77. The molecule has 3 aromatic rings. The second-order valence-electron chi connectivity index (χ2n) is 5.79. The van der Waals surface area contributed by atoms with Gasteiger partial charge in [0.05, 0.1) is 17.5 Å². The van der Waals surface area contributed by atoms with Gasteiger partial charge in [0.1, 0.15) is 6.26 Å². The maximum atomic E-state index is 12.0. The van der Waals surface area contributed by atoms with Crippen LogP contribution in [0.15, 0.2) is 52.7 Å². The van der Waals surface area contributed by atoms with Crippen molar-refractivity contribution in [2.24, 2.45) is 0 Å². The van der Waals surface area contributed by atoms with Gasteiger partial charge in [0, 0.05) is 24.4 Å². The first-order valence-corrected chi connectivity index (χ1v) is 9.12. The Bertz CT molecular complexity index is 870. The number of carbonyl (C=O) groups is 2. The molecule has 0 aliphatic carbocycles. The zero-order chi connectivity index (χ0) is 18.4. The summed E-state index contributed by atoms with van der Waals surface area (Å²) in [5.41, 5.74) is 3.49. The Hall–Kier alpha value is -2.93. The Morgan fingerprint density at radius 2 is 2.00 bits per heavy atom. The number of rotatable bonds is 7. The predicted molar refractivity (Wildman–Crippen MR) is 101 cm³/mol. The van der Waals surface area contributed by atoms with Gasteiger partial charge in [0.2, 0.25) is 5.91 Å². The van der Waals surface area contributed by atoms with Crippen molar-refractivity contribution in [3.05, 3.63) is 59.4 Å². The summed E-state index contributed by atoms with van der Waals surface area (Å²) in [4.78, 5) is 27.3. The van der Waals surface area contributed by atoms with E-state index in [1.54, 1.807) is 6.07 Å². The average Bonchev–Trinajstić information content (AvgIpc) is 3.31. The normalized spacial score (nSPS) is 10.5. The molecule has 26 heavy (non-hydrogen) atoms. The van der Waals surface area contributed by atoms with Crippen LogP contribution in [0, 0.1) is 0 Å². The third-order valence-electron chi connectivity index (χ3n) is 3.77. The minimum atomic E-state index is -0.242. The highest BCUT2D eigenvalue weighted by Crippen LogP contribution is 2.25. The van der Waals surface area contributed by atoms with Gasteiger partial charge in [0.15, 0.2) is 5.13 Å². The first-order chi connectivity index (χ1) is 12.6. The maximum absolute atomic E-state index is 12.0. The Morgan fingerprint density at radius 1 is 1.19 bits per heavy atom. The molecule has 2 amide bonds. The summed E-state index contributed by atoms with van der Waals surface area (Å²) in [6.45, 7) is 2.21. The summed E-state index contributed by atoms with van der Waals surface area (Å²) in [7, 11) is 0. The third kappa shape index (κ3) is 4.80. The number of hydrogen-bond acceptors (Lipinski definition) is 5. The summed E-state index contributed by atoms with van der Waals surface area (Å²) in [5.74, 6) is -0.242. The van der Waals surface area contributed by atoms with E-state index in [9.17, 15) is 9.59 Å². The van der Waals surface area contributed by atoms with E-state index in [1.807, 2.05) is 17.5 Å². The first kappa shape index (κ1) is 17.9. The van der Waals surface area contributed by atoms with Gasteiger partial charge in [-0.15, -0.1) is 11.3 Å². The van der Waals surface area contributed by atoms with Crippen LogP contribution in [0.1, 0.15) is 29.3 Å². The molecule has 2 N–H and O–H groups in total. The quantitative estimate of drug-likeness (QED) is 0.622. The Morgan fingerprint density at radius 3 is 2.69 bits per heavy atom. The molecular weight excluding hydrogens is 350 g/mol. The molecule has 0 saturated carbocycles. The van der Waals surface area contributed by atoms with Gasteiger partial charge in [-0.25, -0.2) is 4.98 Å². The lowest BCUT2D eigenvalue weighted by Gasteiger charge is -2.04. The van der Waals surface area contributed by atoms with Gasteiger partial charge in [-0.2, -0.15) is 0 Å². The number of hydrogen-bond donors (Lipinski definition) is 2. The Labute approximate surface area is 155 Å². The van der Waals surface area contributed by atoms with Crippen molar-refractivity contribution in [3.8, 4) is 11.3 Å². The SMILES string of the molecule is CC(=O)NCCCc1ccc(-c2csc(NC(=O)c3ccoc3)n2)cc1. The number of aryl methyl sites for hydroxylation is 1. The number of anilines is 1. The fourth-order valence-corrected chi connectivity index (χ4v) is 3.14. The molecule has 1 aromatic carbocycles. The van der Waals surface area contributed by atoms with Crippen LogP contribution < -0.4 is 10.6 Å². The van der Waals surface area contributed by atoms with Crippen LogP contribution in [0.5, 0.6) is 0 Å². The summed E-state index contributed by atoms with van der Waals surface area (Å²) < 4.78 is 4.91. The zero-order valence-corrected chi connectivity index (χ0v) is 15.1. The van der Waals surface area contributed by atoms with E-state index in [1.165, 1.54) is 36.4 Å². The minimum absolute atomic E-state index is 0.000421. The number of furan rings is 1. The number of nitrogens with one attached hydrogen (secondary N) is 2. The molecule has 0 saturated heterocycles. The molecular formula is C19H19N3O3S. The number of nitrogens with zero attached hydrogens (tertiary/aromatic N) is 1. The van der Waals surface area contributed by atoms with Crippen LogP contribution in [0.25, 0.3) is 11.3 Å². The van der Waals surface area contributed by atoms with Crippen molar-refractivity contribution in [2.75, 3.05) is 11.9 Å². The predicted octanol–water partition coefficient (Wildman–Crippen LogP) is 3.72. The number of carbonyl (C=O) groups excluding carboxylic acids is 2. The highest BCUT2D eigenvalue weighted by atomic mass is 32.1. The van der Waals surface area contributed by atoms with E-state index >= 15 is 0 Å². The van der Waals surface area contributed by atoms with E-state index in [2.05, 4.69) is 27.8 Å². The number of aromatic nitrogens is 1. The highest BCUT2D eigenvalue weighted by molar-refractivity contribution is 7.14.